The van der Waals surface area contributed by atoms with Gasteiger partial charge in [-0.2, -0.15) is 16.8 Å². The second-order valence-electron chi connectivity index (χ2n) is 4.99. The molecule has 0 bridgehead atoms. The van der Waals surface area contributed by atoms with Crippen molar-refractivity contribution in [3.8, 4) is 11.5 Å². The lowest BCUT2D eigenvalue weighted by Gasteiger charge is -2.13. The number of benzene rings is 2. The van der Waals surface area contributed by atoms with Crippen LogP contribution in [-0.4, -0.2) is 48.1 Å². The molecule has 144 valence electrons. The molecule has 0 saturated heterocycles. The molecule has 0 aromatic heterocycles. The van der Waals surface area contributed by atoms with Gasteiger partial charge in [0.15, 0.2) is 0 Å². The number of hydrogen-bond acceptors (Lipinski definition) is 7. The molecular weight excluding hydrogens is 408 g/mol. The van der Waals surface area contributed by atoms with Crippen molar-refractivity contribution in [2.24, 2.45) is 0 Å². The topological polar surface area (TPSA) is 193 Å². The average Bonchev–Trinajstić information content (AvgIpc) is 2.53. The highest BCUT2D eigenvalue weighted by Crippen LogP contribution is 2.34. The van der Waals surface area contributed by atoms with Gasteiger partial charge in [-0.05, 0) is 36.4 Å². The summed E-state index contributed by atoms with van der Waals surface area (Å²) in [7, 11) is -9.95. The fourth-order valence-corrected chi connectivity index (χ4v) is 3.25. The van der Waals surface area contributed by atoms with Crippen LogP contribution in [0, 0.1) is 0 Å². The fourth-order valence-electron chi connectivity index (χ4n) is 1.97. The maximum absolute atomic E-state index is 11.5. The molecule has 0 aliphatic rings. The van der Waals surface area contributed by atoms with E-state index in [1.807, 2.05) is 0 Å². The fraction of sp³-hybridized carbons (Fsp3) is 0. The Hall–Kier alpha value is -3.00. The summed E-state index contributed by atoms with van der Waals surface area (Å²) in [5, 5.41) is 17.8. The van der Waals surface area contributed by atoms with Crippen molar-refractivity contribution in [3.05, 3.63) is 47.5 Å². The highest BCUT2D eigenvalue weighted by atomic mass is 32.2. The first-order valence-electron chi connectivity index (χ1n) is 6.68. The number of carboxylic acids is 2. The van der Waals surface area contributed by atoms with Crippen molar-refractivity contribution < 1.29 is 50.5 Å². The quantitative estimate of drug-likeness (QED) is 0.495. The molecule has 0 radical (unpaired) electrons. The predicted octanol–water partition coefficient (Wildman–Crippen LogP) is 1.37. The molecular formula is C14H10O11S2. The van der Waals surface area contributed by atoms with Crippen LogP contribution in [0.15, 0.2) is 46.2 Å². The van der Waals surface area contributed by atoms with Crippen molar-refractivity contribution in [3.63, 3.8) is 0 Å². The minimum Gasteiger partial charge on any atom is -0.478 e. The standard InChI is InChI=1S/C14H10O11S2/c15-13(16)7-1-3-9(11(5-7)26(19,20)21)25-10-4-2-8(14(17)18)6-12(10)27(22,23)24/h1-6H,(H,15,16)(H,17,18)(H,19,20,21)(H,22,23,24). The minimum absolute atomic E-state index is 0.508. The van der Waals surface area contributed by atoms with Gasteiger partial charge in [0.25, 0.3) is 20.2 Å². The van der Waals surface area contributed by atoms with Crippen molar-refractivity contribution in [1.82, 2.24) is 0 Å². The van der Waals surface area contributed by atoms with Gasteiger partial charge in [0.05, 0.1) is 11.1 Å². The normalized spacial score (nSPS) is 11.8. The molecule has 2 aromatic rings. The summed E-state index contributed by atoms with van der Waals surface area (Å²) < 4.78 is 69.5. The molecule has 0 spiro atoms. The van der Waals surface area contributed by atoms with E-state index in [0.29, 0.717) is 12.1 Å². The van der Waals surface area contributed by atoms with Crippen molar-refractivity contribution >= 4 is 32.2 Å². The van der Waals surface area contributed by atoms with E-state index in [9.17, 15) is 35.5 Å². The van der Waals surface area contributed by atoms with Gasteiger partial charge in [0.1, 0.15) is 21.3 Å². The van der Waals surface area contributed by atoms with E-state index in [1.54, 1.807) is 0 Å². The lowest BCUT2D eigenvalue weighted by molar-refractivity contribution is 0.0685. The predicted molar refractivity (Wildman–Crippen MR) is 86.5 cm³/mol. The summed E-state index contributed by atoms with van der Waals surface area (Å²) in [6.45, 7) is 0. The molecule has 27 heavy (non-hydrogen) atoms. The van der Waals surface area contributed by atoms with Crippen LogP contribution >= 0.6 is 0 Å². The smallest absolute Gasteiger partial charge is 0.335 e. The first-order chi connectivity index (χ1) is 12.3. The van der Waals surface area contributed by atoms with Gasteiger partial charge < -0.3 is 14.9 Å². The Labute approximate surface area is 152 Å². The van der Waals surface area contributed by atoms with Crippen LogP contribution in [0.25, 0.3) is 0 Å². The van der Waals surface area contributed by atoms with E-state index < -0.39 is 64.6 Å². The molecule has 0 amide bonds. The van der Waals surface area contributed by atoms with Crippen molar-refractivity contribution in [2.45, 2.75) is 9.79 Å². The first-order valence-corrected chi connectivity index (χ1v) is 9.56. The maximum atomic E-state index is 11.5. The maximum Gasteiger partial charge on any atom is 0.335 e. The third kappa shape index (κ3) is 4.59. The molecule has 0 aliphatic heterocycles. The van der Waals surface area contributed by atoms with Gasteiger partial charge in [-0.25, -0.2) is 9.59 Å². The van der Waals surface area contributed by atoms with Gasteiger partial charge in [-0.1, -0.05) is 0 Å². The van der Waals surface area contributed by atoms with E-state index in [0.717, 1.165) is 24.3 Å². The van der Waals surface area contributed by atoms with Crippen molar-refractivity contribution in [2.75, 3.05) is 0 Å². The van der Waals surface area contributed by atoms with E-state index in [1.165, 1.54) is 0 Å². The number of aromatic carboxylic acids is 2. The molecule has 0 atom stereocenters. The van der Waals surface area contributed by atoms with E-state index in [-0.39, 0.29) is 0 Å². The molecule has 0 fully saturated rings. The lowest BCUT2D eigenvalue weighted by atomic mass is 10.2. The number of rotatable bonds is 6. The molecule has 0 unspecified atom stereocenters. The van der Waals surface area contributed by atoms with Gasteiger partial charge in [0.2, 0.25) is 0 Å². The Morgan fingerprint density at radius 1 is 0.704 bits per heavy atom. The Balaban J connectivity index is 2.67. The van der Waals surface area contributed by atoms with Gasteiger partial charge >= 0.3 is 11.9 Å². The summed E-state index contributed by atoms with van der Waals surface area (Å²) in [5.41, 5.74) is -1.02. The zero-order valence-corrected chi connectivity index (χ0v) is 14.6. The van der Waals surface area contributed by atoms with E-state index in [2.05, 4.69) is 0 Å². The Kier molecular flexibility index (Phi) is 5.23. The van der Waals surface area contributed by atoms with E-state index in [4.69, 9.17) is 14.9 Å². The van der Waals surface area contributed by atoms with Gasteiger partial charge in [0, 0.05) is 0 Å². The average molecular weight is 418 g/mol. The van der Waals surface area contributed by atoms with Crippen LogP contribution < -0.4 is 4.74 Å². The minimum atomic E-state index is -4.97. The third-order valence-corrected chi connectivity index (χ3v) is 4.91. The molecule has 2 rings (SSSR count). The van der Waals surface area contributed by atoms with Crippen LogP contribution in [0.5, 0.6) is 11.5 Å². The monoisotopic (exact) mass is 418 g/mol. The SMILES string of the molecule is O=C(O)c1ccc(Oc2ccc(C(=O)O)cc2S(=O)(=O)O)c(S(=O)(=O)O)c1. The summed E-state index contributed by atoms with van der Waals surface area (Å²) in [5.74, 6) is -4.32. The molecule has 2 aromatic carbocycles. The summed E-state index contributed by atoms with van der Waals surface area (Å²) >= 11 is 0. The van der Waals surface area contributed by atoms with Crippen LogP contribution in [0.4, 0.5) is 0 Å². The Morgan fingerprint density at radius 3 is 1.30 bits per heavy atom. The number of ether oxygens (including phenoxy) is 1. The van der Waals surface area contributed by atoms with Crippen LogP contribution in [0.1, 0.15) is 20.7 Å². The third-order valence-electron chi connectivity index (χ3n) is 3.16. The molecule has 0 aliphatic carbocycles. The van der Waals surface area contributed by atoms with Crippen LogP contribution in [-0.2, 0) is 20.2 Å². The number of hydrogen-bond donors (Lipinski definition) is 4. The van der Waals surface area contributed by atoms with E-state index >= 15 is 0 Å². The number of carboxylic acid groups (broad SMARTS) is 2. The van der Waals surface area contributed by atoms with Gasteiger partial charge in [-0.15, -0.1) is 0 Å². The molecule has 13 heteroatoms. The van der Waals surface area contributed by atoms with Crippen LogP contribution in [0.3, 0.4) is 0 Å². The largest absolute Gasteiger partial charge is 0.478 e. The first kappa shape index (κ1) is 20.3. The highest BCUT2D eigenvalue weighted by Gasteiger charge is 2.24. The number of carbonyl (C=O) groups is 2. The Bertz CT molecular complexity index is 1060. The zero-order valence-electron chi connectivity index (χ0n) is 12.9. The summed E-state index contributed by atoms with van der Waals surface area (Å²) in [6, 6.07) is 4.67. The van der Waals surface area contributed by atoms with Crippen molar-refractivity contribution in [1.29, 1.82) is 0 Å². The van der Waals surface area contributed by atoms with Crippen LogP contribution in [0.2, 0.25) is 0 Å². The second-order valence-corrected chi connectivity index (χ2v) is 7.77. The lowest BCUT2D eigenvalue weighted by Crippen LogP contribution is -2.07. The second kappa shape index (κ2) is 6.96. The molecule has 0 saturated carbocycles. The summed E-state index contributed by atoms with van der Waals surface area (Å²) in [6.07, 6.45) is 0. The molecule has 0 heterocycles. The van der Waals surface area contributed by atoms with Gasteiger partial charge in [-0.3, -0.25) is 9.11 Å². The Morgan fingerprint density at radius 2 is 1.04 bits per heavy atom. The molecule has 4 N–H and O–H groups in total. The summed E-state index contributed by atoms with van der Waals surface area (Å²) in [4.78, 5) is 19.9. The highest BCUT2D eigenvalue weighted by molar-refractivity contribution is 7.86. The molecule has 11 nitrogen and oxygen atoms in total. The zero-order chi connectivity index (χ0) is 20.6.